The maximum absolute atomic E-state index is 11.4. The van der Waals surface area contributed by atoms with Crippen molar-refractivity contribution in [3.05, 3.63) is 65.6 Å². The average molecular weight is 322 g/mol. The molecule has 0 aliphatic heterocycles. The van der Waals surface area contributed by atoms with E-state index in [1.165, 1.54) is 11.1 Å². The molecular weight excluding hydrogens is 300 g/mol. The quantitative estimate of drug-likeness (QED) is 0.758. The molecule has 3 N–H and O–H groups in total. The minimum Gasteiger partial charge on any atom is -0.324 e. The highest BCUT2D eigenvalue weighted by molar-refractivity contribution is 5.92. The van der Waals surface area contributed by atoms with Crippen LogP contribution < -0.4 is 11.1 Å². The Morgan fingerprint density at radius 1 is 1.17 bits per heavy atom. The van der Waals surface area contributed by atoms with Crippen LogP contribution in [0.4, 0.5) is 5.69 Å². The number of fused-ring (bicyclic) bond motifs is 1. The van der Waals surface area contributed by atoms with E-state index >= 15 is 0 Å². The molecule has 0 aliphatic rings. The van der Waals surface area contributed by atoms with Gasteiger partial charge in [-0.15, -0.1) is 0 Å². The molecule has 3 aromatic rings. The SMILES string of the molecule is CC(C)c1ccc(Cc2cn3cc(NC(=O)CN)ccc3n2)cc1. The van der Waals surface area contributed by atoms with Crippen molar-refractivity contribution in [1.29, 1.82) is 0 Å². The van der Waals surface area contributed by atoms with Crippen molar-refractivity contribution in [2.45, 2.75) is 26.2 Å². The molecule has 2 heterocycles. The number of benzene rings is 1. The van der Waals surface area contributed by atoms with E-state index < -0.39 is 0 Å². The molecule has 24 heavy (non-hydrogen) atoms. The van der Waals surface area contributed by atoms with Gasteiger partial charge in [0.05, 0.1) is 17.9 Å². The van der Waals surface area contributed by atoms with Crippen molar-refractivity contribution in [3.8, 4) is 0 Å². The maximum atomic E-state index is 11.4. The van der Waals surface area contributed by atoms with Gasteiger partial charge in [-0.25, -0.2) is 4.98 Å². The highest BCUT2D eigenvalue weighted by Crippen LogP contribution is 2.18. The highest BCUT2D eigenvalue weighted by atomic mass is 16.1. The molecule has 0 saturated carbocycles. The van der Waals surface area contributed by atoms with Crippen LogP contribution in [-0.2, 0) is 11.2 Å². The molecule has 2 aromatic heterocycles. The van der Waals surface area contributed by atoms with Gasteiger partial charge in [-0.05, 0) is 29.2 Å². The van der Waals surface area contributed by atoms with Crippen LogP contribution in [0, 0.1) is 0 Å². The Balaban J connectivity index is 1.78. The number of aromatic nitrogens is 2. The minimum absolute atomic E-state index is 0.0282. The van der Waals surface area contributed by atoms with Gasteiger partial charge in [-0.3, -0.25) is 4.79 Å². The van der Waals surface area contributed by atoms with E-state index in [0.29, 0.717) is 11.6 Å². The molecule has 0 atom stereocenters. The van der Waals surface area contributed by atoms with Gasteiger partial charge in [0.2, 0.25) is 5.91 Å². The summed E-state index contributed by atoms with van der Waals surface area (Å²) < 4.78 is 1.92. The fraction of sp³-hybridized carbons (Fsp3) is 0.263. The first-order valence-corrected chi connectivity index (χ1v) is 8.11. The van der Waals surface area contributed by atoms with Gasteiger partial charge in [0.15, 0.2) is 0 Å². The minimum atomic E-state index is -0.208. The molecule has 0 bridgehead atoms. The first-order valence-electron chi connectivity index (χ1n) is 8.11. The van der Waals surface area contributed by atoms with Crippen molar-refractivity contribution in [2.24, 2.45) is 5.73 Å². The summed E-state index contributed by atoms with van der Waals surface area (Å²) in [6, 6.07) is 12.4. The van der Waals surface area contributed by atoms with Crippen molar-refractivity contribution in [1.82, 2.24) is 9.38 Å². The van der Waals surface area contributed by atoms with E-state index in [-0.39, 0.29) is 12.5 Å². The summed E-state index contributed by atoms with van der Waals surface area (Å²) >= 11 is 0. The molecule has 0 aliphatic carbocycles. The van der Waals surface area contributed by atoms with E-state index in [4.69, 9.17) is 5.73 Å². The van der Waals surface area contributed by atoms with Gasteiger partial charge in [0.1, 0.15) is 5.65 Å². The zero-order valence-electron chi connectivity index (χ0n) is 14.0. The number of nitrogens with one attached hydrogen (secondary N) is 1. The number of nitrogens with zero attached hydrogens (tertiary/aromatic N) is 2. The summed E-state index contributed by atoms with van der Waals surface area (Å²) in [6.07, 6.45) is 4.62. The Labute approximate surface area is 141 Å². The number of hydrogen-bond acceptors (Lipinski definition) is 3. The standard InChI is InChI=1S/C19H22N4O/c1-13(2)15-5-3-14(4-6-15)9-17-12-23-11-16(22-19(24)10-20)7-8-18(23)21-17/h3-8,11-13H,9-10,20H2,1-2H3,(H,22,24). The number of rotatable bonds is 5. The molecule has 1 aromatic carbocycles. The first kappa shape index (κ1) is 16.2. The number of pyridine rings is 1. The van der Waals surface area contributed by atoms with Gasteiger partial charge in [0.25, 0.3) is 0 Å². The van der Waals surface area contributed by atoms with Crippen molar-refractivity contribution < 1.29 is 4.79 Å². The van der Waals surface area contributed by atoms with Gasteiger partial charge in [0, 0.05) is 18.8 Å². The number of carbonyl (C=O) groups is 1. The second-order valence-corrected chi connectivity index (χ2v) is 6.24. The second-order valence-electron chi connectivity index (χ2n) is 6.24. The van der Waals surface area contributed by atoms with Gasteiger partial charge < -0.3 is 15.5 Å². The summed E-state index contributed by atoms with van der Waals surface area (Å²) in [5.41, 5.74) is 10.5. The average Bonchev–Trinajstić information content (AvgIpc) is 2.96. The van der Waals surface area contributed by atoms with Crippen molar-refractivity contribution in [3.63, 3.8) is 0 Å². The number of amides is 1. The van der Waals surface area contributed by atoms with Crippen LogP contribution in [0.3, 0.4) is 0 Å². The van der Waals surface area contributed by atoms with Crippen LogP contribution in [-0.4, -0.2) is 21.8 Å². The molecule has 0 spiro atoms. The van der Waals surface area contributed by atoms with E-state index in [1.54, 1.807) is 0 Å². The lowest BCUT2D eigenvalue weighted by atomic mass is 10.0. The normalized spacial score (nSPS) is 11.2. The molecule has 5 nitrogen and oxygen atoms in total. The van der Waals surface area contributed by atoms with Crippen LogP contribution in [0.15, 0.2) is 48.8 Å². The lowest BCUT2D eigenvalue weighted by molar-refractivity contribution is -0.114. The van der Waals surface area contributed by atoms with Crippen LogP contribution in [0.25, 0.3) is 5.65 Å². The monoisotopic (exact) mass is 322 g/mol. The third-order valence-electron chi connectivity index (χ3n) is 4.00. The van der Waals surface area contributed by atoms with Gasteiger partial charge in [-0.1, -0.05) is 38.1 Å². The third-order valence-corrected chi connectivity index (χ3v) is 4.00. The Hall–Kier alpha value is -2.66. The van der Waals surface area contributed by atoms with Gasteiger partial charge in [-0.2, -0.15) is 0 Å². The molecule has 3 rings (SSSR count). The molecule has 5 heteroatoms. The Morgan fingerprint density at radius 3 is 2.58 bits per heavy atom. The molecule has 124 valence electrons. The Bertz CT molecular complexity index is 849. The van der Waals surface area contributed by atoms with Crippen LogP contribution in [0.5, 0.6) is 0 Å². The lowest BCUT2D eigenvalue weighted by Crippen LogP contribution is -2.21. The molecule has 0 saturated heterocycles. The predicted molar refractivity (Wildman–Crippen MR) is 96.2 cm³/mol. The maximum Gasteiger partial charge on any atom is 0.238 e. The smallest absolute Gasteiger partial charge is 0.238 e. The predicted octanol–water partition coefficient (Wildman–Crippen LogP) is 2.95. The van der Waals surface area contributed by atoms with E-state index in [0.717, 1.165) is 17.8 Å². The second kappa shape index (κ2) is 6.84. The zero-order chi connectivity index (χ0) is 17.1. The summed E-state index contributed by atoms with van der Waals surface area (Å²) in [4.78, 5) is 16.0. The Kier molecular flexibility index (Phi) is 4.62. The molecule has 0 unspecified atom stereocenters. The Morgan fingerprint density at radius 2 is 1.92 bits per heavy atom. The number of nitrogens with two attached hydrogens (primary N) is 1. The van der Waals surface area contributed by atoms with E-state index in [1.807, 2.05) is 28.9 Å². The van der Waals surface area contributed by atoms with E-state index in [2.05, 4.69) is 48.4 Å². The molecule has 0 radical (unpaired) electrons. The summed E-state index contributed by atoms with van der Waals surface area (Å²) in [5, 5.41) is 2.75. The van der Waals surface area contributed by atoms with Crippen molar-refractivity contribution in [2.75, 3.05) is 11.9 Å². The number of anilines is 1. The molecule has 1 amide bonds. The summed E-state index contributed by atoms with van der Waals surface area (Å²) in [7, 11) is 0. The van der Waals surface area contributed by atoms with Crippen molar-refractivity contribution >= 4 is 17.2 Å². The van der Waals surface area contributed by atoms with Gasteiger partial charge >= 0.3 is 0 Å². The molecule has 0 fully saturated rings. The van der Waals surface area contributed by atoms with E-state index in [9.17, 15) is 4.79 Å². The first-order chi connectivity index (χ1) is 11.5. The topological polar surface area (TPSA) is 72.4 Å². The number of hydrogen-bond donors (Lipinski definition) is 2. The fourth-order valence-electron chi connectivity index (χ4n) is 2.65. The molecular formula is C19H22N4O. The zero-order valence-corrected chi connectivity index (χ0v) is 14.0. The summed E-state index contributed by atoms with van der Waals surface area (Å²) in [6.45, 7) is 4.36. The number of carbonyl (C=O) groups excluding carboxylic acids is 1. The lowest BCUT2D eigenvalue weighted by Gasteiger charge is -2.05. The van der Waals surface area contributed by atoms with Crippen LogP contribution >= 0.6 is 0 Å². The largest absolute Gasteiger partial charge is 0.324 e. The van der Waals surface area contributed by atoms with Crippen LogP contribution in [0.1, 0.15) is 36.6 Å². The summed E-state index contributed by atoms with van der Waals surface area (Å²) in [5.74, 6) is 0.330. The third kappa shape index (κ3) is 3.63. The fourth-order valence-corrected chi connectivity index (χ4v) is 2.65. The highest BCUT2D eigenvalue weighted by Gasteiger charge is 2.06. The van der Waals surface area contributed by atoms with Crippen LogP contribution in [0.2, 0.25) is 0 Å². The number of imidazole rings is 1.